The first-order valence-corrected chi connectivity index (χ1v) is 6.07. The van der Waals surface area contributed by atoms with Gasteiger partial charge < -0.3 is 10.8 Å². The Bertz CT molecular complexity index is 341. The Labute approximate surface area is 111 Å². The molecule has 0 aromatic heterocycles. The van der Waals surface area contributed by atoms with Crippen molar-refractivity contribution in [2.75, 3.05) is 0 Å². The fourth-order valence-corrected chi connectivity index (χ4v) is 1.79. The molecule has 2 nitrogen and oxygen atoms in total. The van der Waals surface area contributed by atoms with Crippen molar-refractivity contribution in [3.05, 3.63) is 34.9 Å². The fraction of sp³-hybridized carbons (Fsp3) is 0.571. The van der Waals surface area contributed by atoms with Crippen molar-refractivity contribution in [3.8, 4) is 0 Å². The molecule has 3 heteroatoms. The lowest BCUT2D eigenvalue weighted by Crippen LogP contribution is -2.26. The van der Waals surface area contributed by atoms with Crippen LogP contribution in [0.2, 0.25) is 0 Å². The number of nitrogens with two attached hydrogens (primary N) is 1. The minimum Gasteiger partial charge on any atom is -0.391 e. The van der Waals surface area contributed by atoms with Crippen LogP contribution < -0.4 is 5.73 Å². The summed E-state index contributed by atoms with van der Waals surface area (Å²) in [6, 6.07) is 5.90. The van der Waals surface area contributed by atoms with E-state index in [4.69, 9.17) is 5.73 Å². The Kier molecular flexibility index (Phi) is 7.44. The molecule has 17 heavy (non-hydrogen) atoms. The number of hydrogen-bond donors (Lipinski definition) is 2. The zero-order valence-electron chi connectivity index (χ0n) is 10.9. The van der Waals surface area contributed by atoms with Crippen LogP contribution in [-0.4, -0.2) is 11.2 Å². The predicted octanol–water partition coefficient (Wildman–Crippen LogP) is 3.28. The second-order valence-electron chi connectivity index (χ2n) is 4.58. The number of unbranched alkanes of at least 4 members (excludes halogenated alkanes) is 1. The molecule has 0 aliphatic rings. The summed E-state index contributed by atoms with van der Waals surface area (Å²) in [6.45, 7) is 6.27. The highest BCUT2D eigenvalue weighted by Crippen LogP contribution is 2.20. The number of aryl methyl sites for hydroxylation is 2. The lowest BCUT2D eigenvalue weighted by molar-refractivity contribution is 0.132. The van der Waals surface area contributed by atoms with Crippen LogP contribution in [-0.2, 0) is 0 Å². The molecule has 0 aliphatic carbocycles. The van der Waals surface area contributed by atoms with Gasteiger partial charge in [-0.2, -0.15) is 0 Å². The highest BCUT2D eigenvalue weighted by Gasteiger charge is 2.16. The first-order valence-electron chi connectivity index (χ1n) is 6.07. The largest absolute Gasteiger partial charge is 0.391 e. The Morgan fingerprint density at radius 3 is 2.41 bits per heavy atom. The van der Waals surface area contributed by atoms with Gasteiger partial charge >= 0.3 is 0 Å². The minimum absolute atomic E-state index is 0. The van der Waals surface area contributed by atoms with Gasteiger partial charge in [0.2, 0.25) is 0 Å². The van der Waals surface area contributed by atoms with Crippen molar-refractivity contribution >= 4 is 12.4 Å². The number of aliphatic hydroxyl groups is 1. The molecule has 2 atom stereocenters. The van der Waals surface area contributed by atoms with Crippen LogP contribution in [0.3, 0.4) is 0 Å². The molecule has 1 rings (SSSR count). The molecule has 0 unspecified atom stereocenters. The molecule has 1 aromatic rings. The van der Waals surface area contributed by atoms with Crippen LogP contribution in [0, 0.1) is 13.8 Å². The molecule has 1 aromatic carbocycles. The van der Waals surface area contributed by atoms with E-state index >= 15 is 0 Å². The topological polar surface area (TPSA) is 46.2 Å². The molecule has 0 heterocycles. The summed E-state index contributed by atoms with van der Waals surface area (Å²) in [5, 5.41) is 9.94. The van der Waals surface area contributed by atoms with Crippen molar-refractivity contribution in [2.45, 2.75) is 52.2 Å². The van der Waals surface area contributed by atoms with Crippen LogP contribution in [0.4, 0.5) is 0 Å². The molecular weight excluding hydrogens is 234 g/mol. The van der Waals surface area contributed by atoms with Gasteiger partial charge in [-0.3, -0.25) is 0 Å². The van der Waals surface area contributed by atoms with E-state index in [1.165, 1.54) is 11.1 Å². The summed E-state index contributed by atoms with van der Waals surface area (Å²) in [6.07, 6.45) is 2.48. The van der Waals surface area contributed by atoms with Gasteiger partial charge in [0.05, 0.1) is 12.1 Å². The normalized spacial score (nSPS) is 13.9. The first kappa shape index (κ1) is 16.4. The van der Waals surface area contributed by atoms with E-state index in [-0.39, 0.29) is 18.4 Å². The van der Waals surface area contributed by atoms with E-state index in [0.717, 1.165) is 24.8 Å². The monoisotopic (exact) mass is 257 g/mol. The lowest BCUT2D eigenvalue weighted by Gasteiger charge is -2.19. The third-order valence-corrected chi connectivity index (χ3v) is 3.18. The highest BCUT2D eigenvalue weighted by molar-refractivity contribution is 5.85. The standard InChI is InChI=1S/C14H23NO.ClH/c1-4-5-6-13(16)14(15)12-8-7-10(2)11(3)9-12;/h7-9,13-14,16H,4-6,15H2,1-3H3;1H/t13-,14+;/m0./s1. The summed E-state index contributed by atoms with van der Waals surface area (Å²) >= 11 is 0. The smallest absolute Gasteiger partial charge is 0.0732 e. The second kappa shape index (κ2) is 7.70. The van der Waals surface area contributed by atoms with Crippen molar-refractivity contribution in [2.24, 2.45) is 5.73 Å². The average molecular weight is 258 g/mol. The minimum atomic E-state index is -0.429. The van der Waals surface area contributed by atoms with Crippen LogP contribution in [0.25, 0.3) is 0 Å². The van der Waals surface area contributed by atoms with E-state index in [1.807, 2.05) is 6.07 Å². The lowest BCUT2D eigenvalue weighted by atomic mass is 9.96. The molecule has 0 bridgehead atoms. The number of halogens is 1. The third kappa shape index (κ3) is 4.66. The number of benzene rings is 1. The van der Waals surface area contributed by atoms with Crippen LogP contribution in [0.15, 0.2) is 18.2 Å². The fourth-order valence-electron chi connectivity index (χ4n) is 1.79. The quantitative estimate of drug-likeness (QED) is 0.850. The SMILES string of the molecule is CCCC[C@H](O)[C@H](N)c1ccc(C)c(C)c1.Cl. The Morgan fingerprint density at radius 1 is 1.24 bits per heavy atom. The molecule has 0 fully saturated rings. The zero-order chi connectivity index (χ0) is 12.1. The second-order valence-corrected chi connectivity index (χ2v) is 4.58. The van der Waals surface area contributed by atoms with Gasteiger partial charge in [-0.25, -0.2) is 0 Å². The van der Waals surface area contributed by atoms with Crippen molar-refractivity contribution in [1.29, 1.82) is 0 Å². The molecule has 0 spiro atoms. The van der Waals surface area contributed by atoms with E-state index in [1.54, 1.807) is 0 Å². The van der Waals surface area contributed by atoms with Crippen LogP contribution >= 0.6 is 12.4 Å². The van der Waals surface area contributed by atoms with Gasteiger partial charge in [0.15, 0.2) is 0 Å². The van der Waals surface area contributed by atoms with Gasteiger partial charge in [0, 0.05) is 0 Å². The Hall–Kier alpha value is -0.570. The van der Waals surface area contributed by atoms with Crippen LogP contribution in [0.1, 0.15) is 48.9 Å². The summed E-state index contributed by atoms with van der Waals surface area (Å²) < 4.78 is 0. The molecule has 0 saturated heterocycles. The molecule has 0 aliphatic heterocycles. The van der Waals surface area contributed by atoms with E-state index in [9.17, 15) is 5.11 Å². The van der Waals surface area contributed by atoms with Gasteiger partial charge in [-0.1, -0.05) is 38.0 Å². The molecule has 0 amide bonds. The third-order valence-electron chi connectivity index (χ3n) is 3.18. The van der Waals surface area contributed by atoms with E-state index in [0.29, 0.717) is 0 Å². The van der Waals surface area contributed by atoms with Gasteiger partial charge in [-0.15, -0.1) is 12.4 Å². The number of hydrogen-bond acceptors (Lipinski definition) is 2. The molecular formula is C14H24ClNO. The zero-order valence-corrected chi connectivity index (χ0v) is 11.8. The molecule has 3 N–H and O–H groups in total. The van der Waals surface area contributed by atoms with Crippen molar-refractivity contribution in [1.82, 2.24) is 0 Å². The number of rotatable bonds is 5. The molecule has 98 valence electrons. The average Bonchev–Trinajstić information content (AvgIpc) is 2.28. The molecule has 0 radical (unpaired) electrons. The Morgan fingerprint density at radius 2 is 1.88 bits per heavy atom. The summed E-state index contributed by atoms with van der Waals surface area (Å²) in [5.74, 6) is 0. The summed E-state index contributed by atoms with van der Waals surface area (Å²) in [5.41, 5.74) is 9.58. The maximum absolute atomic E-state index is 9.94. The highest BCUT2D eigenvalue weighted by atomic mass is 35.5. The van der Waals surface area contributed by atoms with E-state index in [2.05, 4.69) is 32.9 Å². The maximum Gasteiger partial charge on any atom is 0.0732 e. The summed E-state index contributed by atoms with van der Waals surface area (Å²) in [4.78, 5) is 0. The van der Waals surface area contributed by atoms with E-state index < -0.39 is 6.10 Å². The summed E-state index contributed by atoms with van der Waals surface area (Å²) in [7, 11) is 0. The predicted molar refractivity (Wildman–Crippen MR) is 75.6 cm³/mol. The van der Waals surface area contributed by atoms with Gasteiger partial charge in [0.1, 0.15) is 0 Å². The molecule has 0 saturated carbocycles. The van der Waals surface area contributed by atoms with Gasteiger partial charge in [0.25, 0.3) is 0 Å². The number of aliphatic hydroxyl groups excluding tert-OH is 1. The maximum atomic E-state index is 9.94. The first-order chi connectivity index (χ1) is 7.56. The van der Waals surface area contributed by atoms with Crippen molar-refractivity contribution < 1.29 is 5.11 Å². The Balaban J connectivity index is 0.00000256. The van der Waals surface area contributed by atoms with Crippen LogP contribution in [0.5, 0.6) is 0 Å². The van der Waals surface area contributed by atoms with Crippen molar-refractivity contribution in [3.63, 3.8) is 0 Å². The van der Waals surface area contributed by atoms with Gasteiger partial charge in [-0.05, 0) is 37.0 Å².